The Kier molecular flexibility index (Phi) is 5.86. The van der Waals surface area contributed by atoms with Gasteiger partial charge in [-0.25, -0.2) is 0 Å². The Morgan fingerprint density at radius 3 is 2.85 bits per heavy atom. The molecule has 0 bridgehead atoms. The smallest absolute Gasteiger partial charge is 0.119 e. The van der Waals surface area contributed by atoms with Crippen molar-refractivity contribution >= 4 is 0 Å². The van der Waals surface area contributed by atoms with Crippen LogP contribution in [0.15, 0.2) is 18.2 Å². The molecule has 0 spiro atoms. The molecule has 1 aromatic carbocycles. The molecule has 1 unspecified atom stereocenters. The first-order valence-electron chi connectivity index (χ1n) is 7.73. The minimum atomic E-state index is 0.633. The van der Waals surface area contributed by atoms with Crippen LogP contribution in [0.1, 0.15) is 30.4 Å². The average Bonchev–Trinajstić information content (AvgIpc) is 2.45. The number of rotatable bonds is 7. The maximum Gasteiger partial charge on any atom is 0.119 e. The third-order valence-corrected chi connectivity index (χ3v) is 4.11. The maximum atomic E-state index is 5.33. The van der Waals surface area contributed by atoms with E-state index in [1.807, 2.05) is 0 Å². The second-order valence-electron chi connectivity index (χ2n) is 6.04. The van der Waals surface area contributed by atoms with Crippen molar-refractivity contribution in [3.63, 3.8) is 0 Å². The normalized spacial score (nSPS) is 18.1. The van der Waals surface area contributed by atoms with Crippen LogP contribution < -0.4 is 10.1 Å². The number of benzene rings is 1. The topological polar surface area (TPSA) is 24.5 Å². The van der Waals surface area contributed by atoms with E-state index >= 15 is 0 Å². The van der Waals surface area contributed by atoms with Crippen LogP contribution in [-0.4, -0.2) is 45.2 Å². The molecule has 0 fully saturated rings. The van der Waals surface area contributed by atoms with Gasteiger partial charge in [0.25, 0.3) is 0 Å². The summed E-state index contributed by atoms with van der Waals surface area (Å²) in [5, 5.41) is 3.71. The number of aryl methyl sites for hydroxylation is 1. The van der Waals surface area contributed by atoms with Crippen LogP contribution in [0, 0.1) is 0 Å². The van der Waals surface area contributed by atoms with Gasteiger partial charge in [0.15, 0.2) is 0 Å². The monoisotopic (exact) mass is 276 g/mol. The lowest BCUT2D eigenvalue weighted by molar-refractivity contribution is 0.382. The molecule has 1 aromatic rings. The minimum Gasteiger partial charge on any atom is -0.497 e. The zero-order valence-electron chi connectivity index (χ0n) is 13.1. The first-order valence-corrected chi connectivity index (χ1v) is 7.73. The van der Waals surface area contributed by atoms with Gasteiger partial charge in [-0.05, 0) is 82.5 Å². The summed E-state index contributed by atoms with van der Waals surface area (Å²) >= 11 is 0. The second-order valence-corrected chi connectivity index (χ2v) is 6.04. The van der Waals surface area contributed by atoms with Gasteiger partial charge in [0.2, 0.25) is 0 Å². The zero-order valence-corrected chi connectivity index (χ0v) is 13.1. The van der Waals surface area contributed by atoms with Gasteiger partial charge >= 0.3 is 0 Å². The Bertz CT molecular complexity index is 417. The van der Waals surface area contributed by atoms with Crippen molar-refractivity contribution in [1.82, 2.24) is 10.2 Å². The Morgan fingerprint density at radius 2 is 2.10 bits per heavy atom. The molecule has 1 atom stereocenters. The number of fused-ring (bicyclic) bond motifs is 1. The fourth-order valence-electron chi connectivity index (χ4n) is 2.89. The molecule has 1 aliphatic rings. The molecule has 1 N–H and O–H groups in total. The summed E-state index contributed by atoms with van der Waals surface area (Å²) in [6.07, 6.45) is 6.12. The molecule has 0 aliphatic heterocycles. The maximum absolute atomic E-state index is 5.33. The van der Waals surface area contributed by atoms with Crippen molar-refractivity contribution in [2.45, 2.75) is 38.1 Å². The van der Waals surface area contributed by atoms with Gasteiger partial charge in [-0.1, -0.05) is 6.07 Å². The number of hydrogen-bond acceptors (Lipinski definition) is 3. The molecule has 0 amide bonds. The van der Waals surface area contributed by atoms with E-state index in [4.69, 9.17) is 4.74 Å². The SMILES string of the molecule is COc1ccc2c(c1)CC(NCCCCN(C)C)CC2. The minimum absolute atomic E-state index is 0.633. The van der Waals surface area contributed by atoms with Gasteiger partial charge in [-0.3, -0.25) is 0 Å². The Balaban J connectivity index is 1.76. The van der Waals surface area contributed by atoms with E-state index in [2.05, 4.69) is 42.5 Å². The second kappa shape index (κ2) is 7.65. The molecule has 3 nitrogen and oxygen atoms in total. The van der Waals surface area contributed by atoms with Crippen LogP contribution in [0.4, 0.5) is 0 Å². The Labute approximate surface area is 123 Å². The summed E-state index contributed by atoms with van der Waals surface area (Å²) < 4.78 is 5.33. The molecular weight excluding hydrogens is 248 g/mol. The van der Waals surface area contributed by atoms with Crippen LogP contribution in [0.25, 0.3) is 0 Å². The molecule has 2 rings (SSSR count). The summed E-state index contributed by atoms with van der Waals surface area (Å²) in [5.74, 6) is 0.982. The van der Waals surface area contributed by atoms with E-state index in [1.165, 1.54) is 43.4 Å². The lowest BCUT2D eigenvalue weighted by Crippen LogP contribution is -2.35. The number of hydrogen-bond donors (Lipinski definition) is 1. The molecule has 0 radical (unpaired) electrons. The van der Waals surface area contributed by atoms with Gasteiger partial charge in [-0.2, -0.15) is 0 Å². The summed E-state index contributed by atoms with van der Waals surface area (Å²) in [7, 11) is 6.02. The molecule has 0 saturated carbocycles. The number of ether oxygens (including phenoxy) is 1. The van der Waals surface area contributed by atoms with Gasteiger partial charge in [0, 0.05) is 6.04 Å². The van der Waals surface area contributed by atoms with Gasteiger partial charge in [0.1, 0.15) is 5.75 Å². The largest absolute Gasteiger partial charge is 0.497 e. The zero-order chi connectivity index (χ0) is 14.4. The summed E-state index contributed by atoms with van der Waals surface area (Å²) in [4.78, 5) is 2.25. The molecular formula is C17H28N2O. The molecule has 1 aliphatic carbocycles. The fraction of sp³-hybridized carbons (Fsp3) is 0.647. The number of methoxy groups -OCH3 is 1. The standard InChI is InChI=1S/C17H28N2O/c1-19(2)11-5-4-10-18-16-8-6-14-7-9-17(20-3)13-15(14)12-16/h7,9,13,16,18H,4-6,8,10-12H2,1-3H3. The van der Waals surface area contributed by atoms with Crippen LogP contribution >= 0.6 is 0 Å². The highest BCUT2D eigenvalue weighted by Gasteiger charge is 2.18. The van der Waals surface area contributed by atoms with E-state index in [1.54, 1.807) is 7.11 Å². The van der Waals surface area contributed by atoms with Crippen molar-refractivity contribution in [1.29, 1.82) is 0 Å². The summed E-state index contributed by atoms with van der Waals surface area (Å²) in [6, 6.07) is 7.14. The molecule has 112 valence electrons. The first kappa shape index (κ1) is 15.3. The van der Waals surface area contributed by atoms with E-state index < -0.39 is 0 Å². The highest BCUT2D eigenvalue weighted by Crippen LogP contribution is 2.25. The predicted octanol–water partition coefficient (Wildman–Crippen LogP) is 2.48. The molecule has 0 aromatic heterocycles. The van der Waals surface area contributed by atoms with E-state index in [0.717, 1.165) is 18.7 Å². The van der Waals surface area contributed by atoms with Crippen molar-refractivity contribution in [3.8, 4) is 5.75 Å². The summed E-state index contributed by atoms with van der Waals surface area (Å²) in [6.45, 7) is 2.32. The van der Waals surface area contributed by atoms with Crippen LogP contribution in [0.2, 0.25) is 0 Å². The Hall–Kier alpha value is -1.06. The Morgan fingerprint density at radius 1 is 1.25 bits per heavy atom. The quantitative estimate of drug-likeness (QED) is 0.774. The van der Waals surface area contributed by atoms with Gasteiger partial charge in [0.05, 0.1) is 7.11 Å². The number of unbranched alkanes of at least 4 members (excludes halogenated alkanes) is 1. The molecule has 0 saturated heterocycles. The van der Waals surface area contributed by atoms with Crippen molar-refractivity contribution in [3.05, 3.63) is 29.3 Å². The van der Waals surface area contributed by atoms with E-state index in [9.17, 15) is 0 Å². The average molecular weight is 276 g/mol. The lowest BCUT2D eigenvalue weighted by atomic mass is 9.88. The van der Waals surface area contributed by atoms with Crippen LogP contribution in [-0.2, 0) is 12.8 Å². The fourth-order valence-corrected chi connectivity index (χ4v) is 2.89. The molecule has 20 heavy (non-hydrogen) atoms. The number of nitrogens with one attached hydrogen (secondary N) is 1. The lowest BCUT2D eigenvalue weighted by Gasteiger charge is -2.26. The molecule has 0 heterocycles. The van der Waals surface area contributed by atoms with E-state index in [0.29, 0.717) is 6.04 Å². The predicted molar refractivity (Wildman–Crippen MR) is 84.6 cm³/mol. The third kappa shape index (κ3) is 4.50. The van der Waals surface area contributed by atoms with Crippen LogP contribution in [0.3, 0.4) is 0 Å². The summed E-state index contributed by atoms with van der Waals surface area (Å²) in [5.41, 5.74) is 2.96. The van der Waals surface area contributed by atoms with Crippen molar-refractivity contribution < 1.29 is 4.74 Å². The first-order chi connectivity index (χ1) is 9.69. The highest BCUT2D eigenvalue weighted by molar-refractivity contribution is 5.37. The van der Waals surface area contributed by atoms with Crippen molar-refractivity contribution in [2.75, 3.05) is 34.3 Å². The third-order valence-electron chi connectivity index (χ3n) is 4.11. The van der Waals surface area contributed by atoms with Crippen molar-refractivity contribution in [2.24, 2.45) is 0 Å². The molecule has 3 heteroatoms. The highest BCUT2D eigenvalue weighted by atomic mass is 16.5. The van der Waals surface area contributed by atoms with E-state index in [-0.39, 0.29) is 0 Å². The van der Waals surface area contributed by atoms with Gasteiger partial charge in [-0.15, -0.1) is 0 Å². The van der Waals surface area contributed by atoms with Gasteiger partial charge < -0.3 is 15.0 Å². The van der Waals surface area contributed by atoms with Crippen LogP contribution in [0.5, 0.6) is 5.75 Å². The number of nitrogens with zero attached hydrogens (tertiary/aromatic N) is 1.